The van der Waals surface area contributed by atoms with Crippen molar-refractivity contribution in [3.63, 3.8) is 0 Å². The molecule has 0 fully saturated rings. The van der Waals surface area contributed by atoms with Gasteiger partial charge in [-0.3, -0.25) is 4.79 Å². The minimum Gasteiger partial charge on any atom is -0.469 e. The van der Waals surface area contributed by atoms with Crippen molar-refractivity contribution in [2.45, 2.75) is 75.5 Å². The normalized spacial score (nSPS) is 15.6. The van der Waals surface area contributed by atoms with Gasteiger partial charge in [0.25, 0.3) is 0 Å². The third kappa shape index (κ3) is 11.6. The maximum absolute atomic E-state index is 11.5. The molecule has 0 saturated heterocycles. The van der Waals surface area contributed by atoms with Crippen LogP contribution in [0.2, 0.25) is 0 Å². The van der Waals surface area contributed by atoms with Gasteiger partial charge in [-0.15, -0.1) is 0 Å². The Bertz CT molecular complexity index is 527. The number of rotatable bonds is 10. The number of carbonyl (C=O) groups excluding carboxylic acids is 1. The Labute approximate surface area is 169 Å². The number of methoxy groups -OCH3 is 1. The van der Waals surface area contributed by atoms with E-state index in [1.165, 1.54) is 25.5 Å². The molecule has 3 atom stereocenters. The lowest BCUT2D eigenvalue weighted by atomic mass is 10.1. The fraction of sp³-hybridized carbons (Fsp3) is 0.650. The van der Waals surface area contributed by atoms with Crippen molar-refractivity contribution in [1.82, 2.24) is 0 Å². The van der Waals surface area contributed by atoms with E-state index in [1.54, 1.807) is 0 Å². The van der Waals surface area contributed by atoms with Gasteiger partial charge in [0.15, 0.2) is 0 Å². The Morgan fingerprint density at radius 2 is 1.50 bits per heavy atom. The van der Waals surface area contributed by atoms with Gasteiger partial charge in [0.2, 0.25) is 0 Å². The molecule has 0 bridgehead atoms. The molecule has 2 nitrogen and oxygen atoms in total. The van der Waals surface area contributed by atoms with Crippen LogP contribution in [0.5, 0.6) is 0 Å². The second kappa shape index (κ2) is 13.9. The molecule has 1 aromatic rings. The van der Waals surface area contributed by atoms with E-state index in [2.05, 4.69) is 58.0 Å². The molecule has 1 aromatic carbocycles. The van der Waals surface area contributed by atoms with E-state index in [-0.39, 0.29) is 5.97 Å². The first-order chi connectivity index (χ1) is 13.0. The summed E-state index contributed by atoms with van der Waals surface area (Å²) < 4.78 is 43.8. The highest BCUT2D eigenvalue weighted by atomic mass is 32.2. The van der Waals surface area contributed by atoms with Crippen LogP contribution in [-0.2, 0) is 20.4 Å². The summed E-state index contributed by atoms with van der Waals surface area (Å²) in [6.07, 6.45) is 4.93. The first-order valence-electron chi connectivity index (χ1n) is 9.74. The summed E-state index contributed by atoms with van der Waals surface area (Å²) in [6.45, 7) is 9.38. The van der Waals surface area contributed by atoms with Gasteiger partial charge >= 0.3 is 13.2 Å². The van der Waals surface area contributed by atoms with Crippen LogP contribution in [0.1, 0.15) is 70.6 Å². The van der Waals surface area contributed by atoms with E-state index >= 15 is 0 Å². The highest BCUT2D eigenvalue weighted by Gasteiger charge is 2.39. The van der Waals surface area contributed by atoms with E-state index in [1.807, 2.05) is 0 Å². The van der Waals surface area contributed by atoms with Gasteiger partial charge < -0.3 is 22.0 Å². The summed E-state index contributed by atoms with van der Waals surface area (Å²) in [6, 6.07) is 10.9. The zero-order valence-corrected chi connectivity index (χ0v) is 18.3. The Hall–Kier alpha value is -1.18. The van der Waals surface area contributed by atoms with Crippen LogP contribution in [0.3, 0.4) is 0 Å². The molecule has 0 saturated carbocycles. The average molecular weight is 424 g/mol. The molecule has 0 aromatic heterocycles. The Balaban J connectivity index is 0.00000129. The monoisotopic (exact) mass is 424 g/mol. The van der Waals surface area contributed by atoms with Crippen LogP contribution >= 0.6 is 0 Å². The third-order valence-corrected chi connectivity index (χ3v) is 8.34. The van der Waals surface area contributed by atoms with Crippen LogP contribution < -0.4 is 0 Å². The lowest BCUT2D eigenvalue weighted by Gasteiger charge is -2.28. The minimum absolute atomic E-state index is 0.0937. The standard InChI is InChI=1S/C20H33O2S.BF4/c1-6-16(3)23(17(4)7-2)19(14-11-15-20(21)22-5)18-12-9-8-10-13-18;2-1(3,4)5/h8-10,12-13,16-17,19H,6-7,11,14-15H2,1-5H3;/q+1;-1. The molecule has 3 unspecified atom stereocenters. The summed E-state index contributed by atoms with van der Waals surface area (Å²) >= 11 is 0. The maximum atomic E-state index is 11.5. The molecule has 162 valence electrons. The second-order valence-electron chi connectivity index (χ2n) is 6.71. The summed E-state index contributed by atoms with van der Waals surface area (Å²) in [5.74, 6) is -0.0937. The largest absolute Gasteiger partial charge is 0.673 e. The van der Waals surface area contributed by atoms with Crippen molar-refractivity contribution in [2.24, 2.45) is 0 Å². The van der Waals surface area contributed by atoms with Crippen molar-refractivity contribution in [2.75, 3.05) is 7.11 Å². The molecule has 0 radical (unpaired) electrons. The van der Waals surface area contributed by atoms with Crippen molar-refractivity contribution in [3.8, 4) is 0 Å². The quantitative estimate of drug-likeness (QED) is 0.183. The van der Waals surface area contributed by atoms with Crippen molar-refractivity contribution in [3.05, 3.63) is 35.9 Å². The number of benzene rings is 1. The molecule has 0 aliphatic heterocycles. The van der Waals surface area contributed by atoms with Gasteiger partial charge in [-0.1, -0.05) is 44.2 Å². The zero-order valence-electron chi connectivity index (χ0n) is 17.5. The fourth-order valence-corrected chi connectivity index (χ4v) is 6.60. The van der Waals surface area contributed by atoms with E-state index in [0.717, 1.165) is 12.8 Å². The number of carbonyl (C=O) groups is 1. The molecule has 0 aliphatic carbocycles. The summed E-state index contributed by atoms with van der Waals surface area (Å²) in [5, 5.41) is 1.98. The van der Waals surface area contributed by atoms with Gasteiger partial charge in [0, 0.05) is 22.9 Å². The SMILES string of the molecule is CCC(C)[S+](C(C)CC)C(CCCC(=O)OC)c1ccccc1.F[B-](F)(F)F. The minimum atomic E-state index is -6.00. The topological polar surface area (TPSA) is 26.3 Å². The van der Waals surface area contributed by atoms with Crippen LogP contribution in [-0.4, -0.2) is 30.8 Å². The van der Waals surface area contributed by atoms with Crippen LogP contribution in [0.25, 0.3) is 0 Å². The highest BCUT2D eigenvalue weighted by Crippen LogP contribution is 2.37. The van der Waals surface area contributed by atoms with Gasteiger partial charge in [-0.05, 0) is 39.5 Å². The molecule has 0 aliphatic rings. The predicted octanol–water partition coefficient (Wildman–Crippen LogP) is 6.59. The molecule has 1 rings (SSSR count). The Morgan fingerprint density at radius 3 is 1.89 bits per heavy atom. The van der Waals surface area contributed by atoms with E-state index < -0.39 is 7.25 Å². The summed E-state index contributed by atoms with van der Waals surface area (Å²) in [7, 11) is -4.20. The number of halogens is 4. The van der Waals surface area contributed by atoms with E-state index in [9.17, 15) is 22.1 Å². The number of hydrogen-bond donors (Lipinski definition) is 0. The van der Waals surface area contributed by atoms with Gasteiger partial charge in [0.05, 0.1) is 7.11 Å². The first kappa shape index (κ1) is 26.8. The van der Waals surface area contributed by atoms with Crippen LogP contribution in [0, 0.1) is 0 Å². The lowest BCUT2D eigenvalue weighted by Crippen LogP contribution is -2.33. The molecular weight excluding hydrogens is 391 g/mol. The Kier molecular flexibility index (Phi) is 13.3. The number of ether oxygens (including phenoxy) is 1. The fourth-order valence-electron chi connectivity index (χ4n) is 3.00. The molecule has 8 heteroatoms. The second-order valence-corrected chi connectivity index (χ2v) is 9.70. The predicted molar refractivity (Wildman–Crippen MR) is 112 cm³/mol. The van der Waals surface area contributed by atoms with Gasteiger partial charge in [0.1, 0.15) is 15.7 Å². The van der Waals surface area contributed by atoms with E-state index in [4.69, 9.17) is 4.74 Å². The van der Waals surface area contributed by atoms with E-state index in [0.29, 0.717) is 33.1 Å². The van der Waals surface area contributed by atoms with Crippen LogP contribution in [0.15, 0.2) is 30.3 Å². The molecule has 0 N–H and O–H groups in total. The average Bonchev–Trinajstić information content (AvgIpc) is 2.65. The van der Waals surface area contributed by atoms with Gasteiger partial charge in [-0.25, -0.2) is 0 Å². The maximum Gasteiger partial charge on any atom is 0.673 e. The van der Waals surface area contributed by atoms with Gasteiger partial charge in [-0.2, -0.15) is 0 Å². The van der Waals surface area contributed by atoms with Crippen LogP contribution in [0.4, 0.5) is 17.3 Å². The number of esters is 1. The summed E-state index contributed by atoms with van der Waals surface area (Å²) in [4.78, 5) is 11.5. The molecule has 0 spiro atoms. The lowest BCUT2D eigenvalue weighted by molar-refractivity contribution is -0.140. The zero-order chi connectivity index (χ0) is 21.7. The summed E-state index contributed by atoms with van der Waals surface area (Å²) in [5.41, 5.74) is 1.43. The van der Waals surface area contributed by atoms with Crippen molar-refractivity contribution >= 4 is 24.1 Å². The first-order valence-corrected chi connectivity index (χ1v) is 11.2. The highest BCUT2D eigenvalue weighted by molar-refractivity contribution is 7.98. The molecule has 0 heterocycles. The Morgan fingerprint density at radius 1 is 1.04 bits per heavy atom. The smallest absolute Gasteiger partial charge is 0.469 e. The third-order valence-electron chi connectivity index (χ3n) is 4.65. The molecule has 0 amide bonds. The molecular formula is C20H33BF4O2S. The van der Waals surface area contributed by atoms with Crippen molar-refractivity contribution in [1.29, 1.82) is 0 Å². The van der Waals surface area contributed by atoms with Crippen molar-refractivity contribution < 1.29 is 26.8 Å². The number of hydrogen-bond acceptors (Lipinski definition) is 2. The molecule has 28 heavy (non-hydrogen) atoms.